The molecular weight excluding hydrogens is 457 g/mol. The van der Waals surface area contributed by atoms with Gasteiger partial charge >= 0.3 is 0 Å². The fourth-order valence-corrected chi connectivity index (χ4v) is 9.86. The third kappa shape index (κ3) is 3.74. The highest BCUT2D eigenvalue weighted by Crippen LogP contribution is 2.68. The van der Waals surface area contributed by atoms with E-state index >= 15 is 0 Å². The molecule has 9 unspecified atom stereocenters. The molecule has 0 amide bonds. The first-order valence-corrected chi connectivity index (χ1v) is 14.2. The molecule has 7 heteroatoms. The van der Waals surface area contributed by atoms with Gasteiger partial charge in [-0.25, -0.2) is 4.39 Å². The molecule has 4 saturated carbocycles. The molecule has 0 aromatic heterocycles. The average molecular weight is 500 g/mol. The van der Waals surface area contributed by atoms with Crippen molar-refractivity contribution in [1.29, 1.82) is 0 Å². The SMILES string of the molecule is COCC12CCC(C)(O)CC1CCC1C3CCC(C(=O)CN4N=NC5=CCC(F)=CC54)C3(C)CCC12. The first-order valence-electron chi connectivity index (χ1n) is 14.2. The van der Waals surface area contributed by atoms with Gasteiger partial charge in [0.1, 0.15) is 11.9 Å². The van der Waals surface area contributed by atoms with Crippen LogP contribution in [0.5, 0.6) is 0 Å². The minimum Gasteiger partial charge on any atom is -0.390 e. The lowest BCUT2D eigenvalue weighted by Crippen LogP contribution is -2.58. The van der Waals surface area contributed by atoms with Crippen molar-refractivity contribution >= 4 is 5.78 Å². The number of carbonyl (C=O) groups excluding carboxylic acids is 1. The Morgan fingerprint density at radius 3 is 2.81 bits per heavy atom. The number of nitrogens with zero attached hydrogens (tertiary/aromatic N) is 3. The van der Waals surface area contributed by atoms with Crippen LogP contribution < -0.4 is 0 Å². The Kier molecular flexibility index (Phi) is 5.99. The predicted molar refractivity (Wildman–Crippen MR) is 134 cm³/mol. The van der Waals surface area contributed by atoms with Gasteiger partial charge in [0, 0.05) is 19.4 Å². The van der Waals surface area contributed by atoms with Gasteiger partial charge in [-0.1, -0.05) is 18.2 Å². The lowest BCUT2D eigenvalue weighted by atomic mass is 9.43. The van der Waals surface area contributed by atoms with Crippen LogP contribution in [0.15, 0.2) is 34.0 Å². The molecule has 9 atom stereocenters. The van der Waals surface area contributed by atoms with Gasteiger partial charge in [0.2, 0.25) is 0 Å². The van der Waals surface area contributed by atoms with E-state index in [0.717, 1.165) is 63.7 Å². The van der Waals surface area contributed by atoms with Gasteiger partial charge in [0.15, 0.2) is 5.78 Å². The summed E-state index contributed by atoms with van der Waals surface area (Å²) in [5, 5.41) is 21.0. The number of fused-ring (bicyclic) bond motifs is 6. The van der Waals surface area contributed by atoms with E-state index in [1.807, 2.05) is 14.0 Å². The molecule has 6 aliphatic rings. The van der Waals surface area contributed by atoms with E-state index in [1.54, 1.807) is 17.2 Å². The predicted octanol–water partition coefficient (Wildman–Crippen LogP) is 5.78. The molecule has 1 heterocycles. The number of ketones is 1. The van der Waals surface area contributed by atoms with Crippen molar-refractivity contribution in [3.63, 3.8) is 0 Å². The quantitative estimate of drug-likeness (QED) is 0.520. The van der Waals surface area contributed by atoms with Crippen LogP contribution in [0.2, 0.25) is 0 Å². The maximum Gasteiger partial charge on any atom is 0.157 e. The summed E-state index contributed by atoms with van der Waals surface area (Å²) < 4.78 is 19.8. The van der Waals surface area contributed by atoms with Crippen LogP contribution in [-0.4, -0.2) is 47.8 Å². The molecule has 36 heavy (non-hydrogen) atoms. The average Bonchev–Trinajstić information content (AvgIpc) is 3.39. The van der Waals surface area contributed by atoms with E-state index in [9.17, 15) is 14.3 Å². The number of rotatable bonds is 5. The zero-order chi connectivity index (χ0) is 25.3. The molecular formula is C29H42FN3O3. The molecule has 0 radical (unpaired) electrons. The number of halogens is 1. The van der Waals surface area contributed by atoms with Crippen molar-refractivity contribution in [1.82, 2.24) is 5.01 Å². The number of aliphatic hydroxyl groups is 1. The number of ether oxygens (including phenoxy) is 1. The van der Waals surface area contributed by atoms with Crippen molar-refractivity contribution in [2.24, 2.45) is 50.8 Å². The molecule has 0 aromatic rings. The number of allylic oxidation sites excluding steroid dienone is 2. The van der Waals surface area contributed by atoms with Gasteiger partial charge in [0.25, 0.3) is 0 Å². The summed E-state index contributed by atoms with van der Waals surface area (Å²) in [6.45, 7) is 5.39. The lowest BCUT2D eigenvalue weighted by molar-refractivity contribution is -0.175. The third-order valence-electron chi connectivity index (χ3n) is 11.5. The minimum atomic E-state index is -0.554. The molecule has 6 nitrogen and oxygen atoms in total. The summed E-state index contributed by atoms with van der Waals surface area (Å²) in [6, 6.07) is -0.337. The zero-order valence-electron chi connectivity index (χ0n) is 22.1. The highest BCUT2D eigenvalue weighted by Gasteiger charge is 2.63. The highest BCUT2D eigenvalue weighted by atomic mass is 19.1. The molecule has 198 valence electrons. The van der Waals surface area contributed by atoms with Crippen LogP contribution in [0.4, 0.5) is 4.39 Å². The normalized spacial score (nSPS) is 47.4. The fourth-order valence-electron chi connectivity index (χ4n) is 9.86. The molecule has 1 N–H and O–H groups in total. The van der Waals surface area contributed by atoms with Crippen molar-refractivity contribution in [3.8, 4) is 0 Å². The topological polar surface area (TPSA) is 74.5 Å². The molecule has 4 fully saturated rings. The van der Waals surface area contributed by atoms with Gasteiger partial charge in [-0.15, -0.1) is 5.11 Å². The molecule has 0 bridgehead atoms. The Labute approximate surface area is 214 Å². The van der Waals surface area contributed by atoms with E-state index in [2.05, 4.69) is 17.3 Å². The van der Waals surface area contributed by atoms with Crippen molar-refractivity contribution in [2.45, 2.75) is 89.7 Å². The monoisotopic (exact) mass is 499 g/mol. The zero-order valence-corrected chi connectivity index (χ0v) is 22.1. The lowest BCUT2D eigenvalue weighted by Gasteiger charge is -2.62. The standard InChI is InChI=1S/C29H42FN3O3/c1-27(35)12-13-29(17-36-3)18(15-27)4-6-20-21-7-8-23(28(21,2)11-10-22(20)29)26(34)16-33-25-14-19(30)5-9-24(25)31-32-33/h9,14,18,20-23,25,35H,4-8,10-13,15-17H2,1-3H3. The summed E-state index contributed by atoms with van der Waals surface area (Å²) in [4.78, 5) is 13.7. The Morgan fingerprint density at radius 2 is 2.00 bits per heavy atom. The second-order valence-corrected chi connectivity index (χ2v) is 13.3. The van der Waals surface area contributed by atoms with E-state index in [-0.39, 0.29) is 47.4 Å². The third-order valence-corrected chi connectivity index (χ3v) is 11.5. The number of hydrogen-bond acceptors (Lipinski definition) is 6. The van der Waals surface area contributed by atoms with Gasteiger partial charge in [0.05, 0.1) is 24.4 Å². The number of carbonyl (C=O) groups is 1. The van der Waals surface area contributed by atoms with Crippen LogP contribution in [0, 0.1) is 40.4 Å². The summed E-state index contributed by atoms with van der Waals surface area (Å²) in [5.74, 6) is 2.44. The maximum atomic E-state index is 13.9. The molecule has 6 rings (SSSR count). The van der Waals surface area contributed by atoms with Crippen molar-refractivity contribution < 1.29 is 19.0 Å². The molecule has 0 spiro atoms. The van der Waals surface area contributed by atoms with Gasteiger partial charge in [-0.05, 0) is 105 Å². The van der Waals surface area contributed by atoms with Crippen LogP contribution >= 0.6 is 0 Å². The van der Waals surface area contributed by atoms with E-state index < -0.39 is 5.60 Å². The summed E-state index contributed by atoms with van der Waals surface area (Å²) in [6.07, 6.45) is 13.0. The summed E-state index contributed by atoms with van der Waals surface area (Å²) in [5.41, 5.74) is 0.385. The fraction of sp³-hybridized carbons (Fsp3) is 0.828. The largest absolute Gasteiger partial charge is 0.390 e. The minimum absolute atomic E-state index is 0.0166. The van der Waals surface area contributed by atoms with Gasteiger partial charge in [-0.3, -0.25) is 9.80 Å². The second-order valence-electron chi connectivity index (χ2n) is 13.3. The molecule has 1 aliphatic heterocycles. The van der Waals surface area contributed by atoms with Crippen molar-refractivity contribution in [3.05, 3.63) is 23.7 Å². The van der Waals surface area contributed by atoms with Gasteiger partial charge in [-0.2, -0.15) is 0 Å². The number of Topliss-reactive ketones (excluding diaryl/α,β-unsaturated/α-hetero) is 1. The van der Waals surface area contributed by atoms with E-state index in [0.29, 0.717) is 23.7 Å². The number of hydrogen-bond donors (Lipinski definition) is 1. The van der Waals surface area contributed by atoms with Crippen LogP contribution in [0.1, 0.15) is 78.1 Å². The van der Waals surface area contributed by atoms with Crippen LogP contribution in [0.25, 0.3) is 0 Å². The van der Waals surface area contributed by atoms with Crippen molar-refractivity contribution in [2.75, 3.05) is 20.3 Å². The number of methoxy groups -OCH3 is 1. The van der Waals surface area contributed by atoms with Crippen LogP contribution in [-0.2, 0) is 9.53 Å². The smallest absolute Gasteiger partial charge is 0.157 e. The second kappa shape index (κ2) is 8.72. The Morgan fingerprint density at radius 1 is 1.17 bits per heavy atom. The van der Waals surface area contributed by atoms with Crippen LogP contribution in [0.3, 0.4) is 0 Å². The van der Waals surface area contributed by atoms with E-state index in [4.69, 9.17) is 4.74 Å². The molecule has 0 saturated heterocycles. The first-order chi connectivity index (χ1) is 17.2. The summed E-state index contributed by atoms with van der Waals surface area (Å²) in [7, 11) is 1.84. The highest BCUT2D eigenvalue weighted by molar-refractivity contribution is 5.84. The Balaban J connectivity index is 1.20. The Bertz CT molecular complexity index is 1010. The molecule has 0 aromatic carbocycles. The molecule has 5 aliphatic carbocycles. The Hall–Kier alpha value is -1.60. The maximum absolute atomic E-state index is 13.9. The van der Waals surface area contributed by atoms with E-state index in [1.165, 1.54) is 6.42 Å². The summed E-state index contributed by atoms with van der Waals surface area (Å²) >= 11 is 0. The van der Waals surface area contributed by atoms with Gasteiger partial charge < -0.3 is 9.84 Å². The first kappa shape index (κ1) is 24.7.